The number of nitrogens with one attached hydrogen (secondary N) is 2. The van der Waals surface area contributed by atoms with E-state index in [1.165, 1.54) is 18.2 Å². The van der Waals surface area contributed by atoms with Gasteiger partial charge in [0.15, 0.2) is 10.9 Å². The fraction of sp³-hybridized carbons (Fsp3) is 0.240. The number of hydrogen-bond acceptors (Lipinski definition) is 7. The Morgan fingerprint density at radius 3 is 2.39 bits per heavy atom. The summed E-state index contributed by atoms with van der Waals surface area (Å²) in [5, 5.41) is 16.9. The molecule has 10 nitrogen and oxygen atoms in total. The molecule has 0 unspecified atom stereocenters. The minimum absolute atomic E-state index is 0.0247. The van der Waals surface area contributed by atoms with Crippen molar-refractivity contribution in [3.63, 3.8) is 0 Å². The van der Waals surface area contributed by atoms with Crippen LogP contribution in [0.4, 0.5) is 17.1 Å². The van der Waals surface area contributed by atoms with Crippen molar-refractivity contribution >= 4 is 46.2 Å². The zero-order valence-electron chi connectivity index (χ0n) is 19.6. The summed E-state index contributed by atoms with van der Waals surface area (Å²) in [6.45, 7) is 4.82. The Balaban J connectivity index is 1.32. The van der Waals surface area contributed by atoms with Gasteiger partial charge in [0.25, 0.3) is 11.6 Å². The van der Waals surface area contributed by atoms with Crippen molar-refractivity contribution in [1.29, 1.82) is 0 Å². The van der Waals surface area contributed by atoms with Crippen LogP contribution >= 0.6 is 12.2 Å². The smallest absolute Gasteiger partial charge is 0.293 e. The van der Waals surface area contributed by atoms with Gasteiger partial charge in [-0.15, -0.1) is 0 Å². The highest BCUT2D eigenvalue weighted by molar-refractivity contribution is 7.80. The first-order valence-electron chi connectivity index (χ1n) is 11.4. The van der Waals surface area contributed by atoms with Crippen LogP contribution in [-0.4, -0.2) is 52.9 Å². The Morgan fingerprint density at radius 2 is 1.72 bits per heavy atom. The molecular formula is C25H25N5O5S. The summed E-state index contributed by atoms with van der Waals surface area (Å²) in [4.78, 5) is 39.3. The number of furan rings is 1. The molecule has 186 valence electrons. The summed E-state index contributed by atoms with van der Waals surface area (Å²) in [5.74, 6) is -0.212. The highest BCUT2D eigenvalue weighted by Crippen LogP contribution is 2.30. The number of thiocarbonyl (C=S) groups is 1. The van der Waals surface area contributed by atoms with Crippen molar-refractivity contribution in [3.05, 3.63) is 76.5 Å². The third-order valence-corrected chi connectivity index (χ3v) is 6.05. The van der Waals surface area contributed by atoms with Crippen molar-refractivity contribution in [2.24, 2.45) is 0 Å². The van der Waals surface area contributed by atoms with E-state index in [-0.39, 0.29) is 33.8 Å². The van der Waals surface area contributed by atoms with Gasteiger partial charge in [-0.1, -0.05) is 19.1 Å². The molecular weight excluding hydrogens is 482 g/mol. The van der Waals surface area contributed by atoms with Crippen LogP contribution in [-0.2, 0) is 4.79 Å². The molecule has 1 fully saturated rings. The Bertz CT molecular complexity index is 1280. The number of hydrogen-bond donors (Lipinski definition) is 2. The minimum atomic E-state index is -0.576. The molecule has 1 aliphatic rings. The van der Waals surface area contributed by atoms with Crippen molar-refractivity contribution in [2.75, 3.05) is 36.4 Å². The van der Waals surface area contributed by atoms with Crippen LogP contribution in [0.3, 0.4) is 0 Å². The molecule has 0 saturated carbocycles. The van der Waals surface area contributed by atoms with Gasteiger partial charge in [-0.2, -0.15) is 0 Å². The Hall–Kier alpha value is -4.25. The van der Waals surface area contributed by atoms with Crippen molar-refractivity contribution < 1.29 is 18.9 Å². The van der Waals surface area contributed by atoms with E-state index >= 15 is 0 Å². The van der Waals surface area contributed by atoms with Crippen molar-refractivity contribution in [1.82, 2.24) is 10.2 Å². The van der Waals surface area contributed by atoms with E-state index < -0.39 is 10.8 Å². The van der Waals surface area contributed by atoms with E-state index in [1.807, 2.05) is 36.1 Å². The third kappa shape index (κ3) is 5.69. The van der Waals surface area contributed by atoms with E-state index in [2.05, 4.69) is 15.5 Å². The first-order valence-corrected chi connectivity index (χ1v) is 11.8. The lowest BCUT2D eigenvalue weighted by Crippen LogP contribution is -2.48. The molecule has 4 rings (SSSR count). The molecule has 0 bridgehead atoms. The predicted molar refractivity (Wildman–Crippen MR) is 140 cm³/mol. The fourth-order valence-corrected chi connectivity index (χ4v) is 4.18. The summed E-state index contributed by atoms with van der Waals surface area (Å²) in [6.07, 6.45) is 0.521. The van der Waals surface area contributed by atoms with Gasteiger partial charge in [-0.25, -0.2) is 0 Å². The summed E-state index contributed by atoms with van der Waals surface area (Å²) >= 11 is 5.25. The molecule has 0 atom stereocenters. The van der Waals surface area contributed by atoms with Gasteiger partial charge >= 0.3 is 0 Å². The summed E-state index contributed by atoms with van der Waals surface area (Å²) in [5.41, 5.74) is 1.90. The number of carbonyl (C=O) groups is 2. The van der Waals surface area contributed by atoms with Crippen LogP contribution in [0.15, 0.2) is 65.1 Å². The number of amides is 2. The van der Waals surface area contributed by atoms with Crippen LogP contribution in [0.2, 0.25) is 0 Å². The SMILES string of the molecule is CCC(=O)N1CCN(c2ccc(NC(=S)NC(=O)c3ccc(-c4ccccc4[N+](=O)[O-])o3)cc2)CC1. The molecule has 2 aromatic carbocycles. The third-order valence-electron chi connectivity index (χ3n) is 5.85. The zero-order valence-corrected chi connectivity index (χ0v) is 20.4. The van der Waals surface area contributed by atoms with Gasteiger partial charge in [-0.3, -0.25) is 25.0 Å². The van der Waals surface area contributed by atoms with E-state index in [0.29, 0.717) is 25.2 Å². The second-order valence-corrected chi connectivity index (χ2v) is 8.52. The highest BCUT2D eigenvalue weighted by atomic mass is 32.1. The molecule has 1 aromatic heterocycles. The molecule has 2 amide bonds. The molecule has 0 aliphatic carbocycles. The minimum Gasteiger partial charge on any atom is -0.451 e. The summed E-state index contributed by atoms with van der Waals surface area (Å²) in [7, 11) is 0. The molecule has 3 aromatic rings. The molecule has 0 spiro atoms. The molecule has 1 aliphatic heterocycles. The molecule has 0 radical (unpaired) electrons. The first kappa shape index (κ1) is 24.9. The van der Waals surface area contributed by atoms with Gasteiger partial charge in [0, 0.05) is 50.0 Å². The Morgan fingerprint density at radius 1 is 1.03 bits per heavy atom. The van der Waals surface area contributed by atoms with Crippen LogP contribution in [0, 0.1) is 10.1 Å². The van der Waals surface area contributed by atoms with Crippen molar-refractivity contribution in [3.8, 4) is 11.3 Å². The largest absolute Gasteiger partial charge is 0.451 e. The average molecular weight is 508 g/mol. The van der Waals surface area contributed by atoms with E-state index in [0.717, 1.165) is 18.8 Å². The maximum atomic E-state index is 12.6. The number of anilines is 2. The average Bonchev–Trinajstić information content (AvgIpc) is 3.39. The number of nitro benzene ring substituents is 1. The second kappa shape index (κ2) is 11.0. The molecule has 2 N–H and O–H groups in total. The second-order valence-electron chi connectivity index (χ2n) is 8.11. The number of carbonyl (C=O) groups excluding carboxylic acids is 2. The van der Waals surface area contributed by atoms with Gasteiger partial charge in [0.05, 0.1) is 10.5 Å². The lowest BCUT2D eigenvalue weighted by atomic mass is 10.1. The summed E-state index contributed by atoms with van der Waals surface area (Å²) in [6, 6.07) is 16.7. The van der Waals surface area contributed by atoms with Crippen molar-refractivity contribution in [2.45, 2.75) is 13.3 Å². The number of para-hydroxylation sites is 1. The summed E-state index contributed by atoms with van der Waals surface area (Å²) < 4.78 is 5.55. The lowest BCUT2D eigenvalue weighted by Gasteiger charge is -2.36. The number of nitro groups is 1. The fourth-order valence-electron chi connectivity index (χ4n) is 3.97. The quantitative estimate of drug-likeness (QED) is 0.291. The van der Waals surface area contributed by atoms with Crippen LogP contribution in [0.1, 0.15) is 23.9 Å². The van der Waals surface area contributed by atoms with Gasteiger partial charge in [-0.05, 0) is 54.7 Å². The van der Waals surface area contributed by atoms with E-state index in [1.54, 1.807) is 18.2 Å². The number of benzene rings is 2. The number of piperazine rings is 1. The van der Waals surface area contributed by atoms with Crippen LogP contribution < -0.4 is 15.5 Å². The number of rotatable bonds is 6. The normalized spacial score (nSPS) is 13.2. The molecule has 11 heteroatoms. The topological polar surface area (TPSA) is 121 Å². The van der Waals surface area contributed by atoms with Crippen LogP contribution in [0.5, 0.6) is 0 Å². The molecule has 36 heavy (non-hydrogen) atoms. The Labute approximate surface area is 213 Å². The molecule has 1 saturated heterocycles. The predicted octanol–water partition coefficient (Wildman–Crippen LogP) is 4.04. The van der Waals surface area contributed by atoms with Gasteiger partial charge in [0.1, 0.15) is 5.76 Å². The van der Waals surface area contributed by atoms with Gasteiger partial charge < -0.3 is 19.5 Å². The standard InChI is InChI=1S/C25H25N5O5S/c1-2-23(31)29-15-13-28(14-16-29)18-9-7-17(8-10-18)26-25(36)27-24(32)22-12-11-21(35-22)19-5-3-4-6-20(19)30(33)34/h3-12H,2,13-16H2,1H3,(H2,26,27,32,36). The highest BCUT2D eigenvalue weighted by Gasteiger charge is 2.21. The van der Waals surface area contributed by atoms with E-state index in [4.69, 9.17) is 16.6 Å². The first-order chi connectivity index (χ1) is 17.4. The lowest BCUT2D eigenvalue weighted by molar-refractivity contribution is -0.384. The zero-order chi connectivity index (χ0) is 25.7. The number of nitrogens with zero attached hydrogens (tertiary/aromatic N) is 3. The molecule has 2 heterocycles. The van der Waals surface area contributed by atoms with Crippen LogP contribution in [0.25, 0.3) is 11.3 Å². The Kier molecular flexibility index (Phi) is 7.59. The maximum Gasteiger partial charge on any atom is 0.293 e. The monoisotopic (exact) mass is 507 g/mol. The maximum absolute atomic E-state index is 12.6. The van der Waals surface area contributed by atoms with Gasteiger partial charge in [0.2, 0.25) is 5.91 Å². The van der Waals surface area contributed by atoms with E-state index in [9.17, 15) is 19.7 Å².